The van der Waals surface area contributed by atoms with Gasteiger partial charge in [0, 0.05) is 24.5 Å². The maximum atomic E-state index is 12.9. The molecule has 34 heavy (non-hydrogen) atoms. The number of rotatable bonds is 8. The summed E-state index contributed by atoms with van der Waals surface area (Å²) in [5, 5.41) is 0. The van der Waals surface area contributed by atoms with Gasteiger partial charge in [-0.25, -0.2) is 8.42 Å². The lowest BCUT2D eigenvalue weighted by Crippen LogP contribution is -2.31. The largest absolute Gasteiger partial charge is 0.497 e. The molecule has 0 radical (unpaired) electrons. The zero-order valence-electron chi connectivity index (χ0n) is 18.2. The van der Waals surface area contributed by atoms with Gasteiger partial charge in [0.2, 0.25) is 0 Å². The summed E-state index contributed by atoms with van der Waals surface area (Å²) in [7, 11) is -1.04. The lowest BCUT2D eigenvalue weighted by molar-refractivity contribution is -0.137. The van der Waals surface area contributed by atoms with E-state index in [9.17, 15) is 26.4 Å². The molecule has 7 nitrogen and oxygen atoms in total. The molecule has 0 spiro atoms. The Balaban J connectivity index is 1.63. The smallest absolute Gasteiger partial charge is 0.416 e. The van der Waals surface area contributed by atoms with Gasteiger partial charge in [0.15, 0.2) is 6.61 Å². The molecule has 180 valence electrons. The molecule has 0 atom stereocenters. The predicted octanol–water partition coefficient (Wildman–Crippen LogP) is 4.56. The molecule has 3 aromatic rings. The fourth-order valence-corrected chi connectivity index (χ4v) is 3.94. The van der Waals surface area contributed by atoms with E-state index >= 15 is 0 Å². The van der Waals surface area contributed by atoms with Crippen LogP contribution in [0.4, 0.5) is 24.5 Å². The Morgan fingerprint density at radius 1 is 0.971 bits per heavy atom. The minimum atomic E-state index is -4.60. The normalized spacial score (nSPS) is 11.6. The number of ether oxygens (including phenoxy) is 2. The Hall–Kier alpha value is -3.73. The molecule has 0 unspecified atom stereocenters. The highest BCUT2D eigenvalue weighted by atomic mass is 32.2. The van der Waals surface area contributed by atoms with Crippen LogP contribution in [-0.4, -0.2) is 35.1 Å². The molecule has 3 rings (SSSR count). The fourth-order valence-electron chi connectivity index (χ4n) is 2.89. The van der Waals surface area contributed by atoms with Gasteiger partial charge in [-0.2, -0.15) is 13.2 Å². The monoisotopic (exact) mass is 494 g/mol. The van der Waals surface area contributed by atoms with Crippen molar-refractivity contribution in [3.63, 3.8) is 0 Å². The number of halogens is 3. The highest BCUT2D eigenvalue weighted by Crippen LogP contribution is 2.31. The first-order valence-electron chi connectivity index (χ1n) is 9.83. The van der Waals surface area contributed by atoms with Gasteiger partial charge in [-0.1, -0.05) is 12.1 Å². The van der Waals surface area contributed by atoms with Crippen molar-refractivity contribution in [2.75, 3.05) is 30.4 Å². The summed E-state index contributed by atoms with van der Waals surface area (Å²) in [6.45, 7) is -0.303. The van der Waals surface area contributed by atoms with Crippen LogP contribution in [0.2, 0.25) is 0 Å². The number of carbonyl (C=O) groups is 1. The van der Waals surface area contributed by atoms with E-state index in [1.807, 2.05) is 0 Å². The Morgan fingerprint density at radius 2 is 1.65 bits per heavy atom. The first-order valence-corrected chi connectivity index (χ1v) is 11.3. The van der Waals surface area contributed by atoms with E-state index in [1.54, 1.807) is 31.3 Å². The van der Waals surface area contributed by atoms with Crippen molar-refractivity contribution in [2.45, 2.75) is 11.1 Å². The van der Waals surface area contributed by atoms with Gasteiger partial charge >= 0.3 is 6.18 Å². The summed E-state index contributed by atoms with van der Waals surface area (Å²) in [4.78, 5) is 13.6. The van der Waals surface area contributed by atoms with E-state index < -0.39 is 21.8 Å². The number of methoxy groups -OCH3 is 1. The highest BCUT2D eigenvalue weighted by molar-refractivity contribution is 7.92. The zero-order valence-corrected chi connectivity index (χ0v) is 19.0. The second-order valence-electron chi connectivity index (χ2n) is 7.10. The number of hydrogen-bond donors (Lipinski definition) is 1. The fraction of sp³-hybridized carbons (Fsp3) is 0.174. The first kappa shape index (κ1) is 24.9. The summed E-state index contributed by atoms with van der Waals surface area (Å²) in [6.07, 6.45) is -4.60. The molecule has 1 amide bonds. The van der Waals surface area contributed by atoms with Crippen molar-refractivity contribution in [3.05, 3.63) is 78.4 Å². The van der Waals surface area contributed by atoms with E-state index in [2.05, 4.69) is 4.72 Å². The molecule has 0 fully saturated rings. The second kappa shape index (κ2) is 10.0. The number of amides is 1. The Morgan fingerprint density at radius 3 is 2.29 bits per heavy atom. The van der Waals surface area contributed by atoms with Gasteiger partial charge < -0.3 is 14.4 Å². The Kier molecular flexibility index (Phi) is 7.35. The quantitative estimate of drug-likeness (QED) is 0.497. The van der Waals surface area contributed by atoms with Gasteiger partial charge in [-0.3, -0.25) is 9.52 Å². The average Bonchev–Trinajstić information content (AvgIpc) is 2.81. The molecule has 0 bridgehead atoms. The minimum absolute atomic E-state index is 0.183. The Labute approximate surface area is 194 Å². The number of hydrogen-bond acceptors (Lipinski definition) is 5. The molecule has 0 aliphatic rings. The van der Waals surface area contributed by atoms with Crippen molar-refractivity contribution in [3.8, 4) is 11.5 Å². The molecular weight excluding hydrogens is 473 g/mol. The van der Waals surface area contributed by atoms with E-state index in [0.717, 1.165) is 12.1 Å². The van der Waals surface area contributed by atoms with Crippen LogP contribution in [-0.2, 0) is 21.0 Å². The molecule has 1 N–H and O–H groups in total. The molecule has 11 heteroatoms. The number of sulfonamides is 1. The lowest BCUT2D eigenvalue weighted by atomic mass is 10.2. The number of benzene rings is 3. The van der Waals surface area contributed by atoms with Crippen LogP contribution in [0.5, 0.6) is 11.5 Å². The van der Waals surface area contributed by atoms with Crippen LogP contribution < -0.4 is 19.1 Å². The van der Waals surface area contributed by atoms with E-state index in [-0.39, 0.29) is 28.8 Å². The molecular formula is C23H21F3N2O5S. The van der Waals surface area contributed by atoms with Crippen LogP contribution in [0, 0.1) is 0 Å². The standard InChI is InChI=1S/C23H21F3N2O5S/c1-28(18-7-4-8-20(14-18)32-2)22(29)15-33-19-9-11-21(12-10-19)34(30,31)27-17-6-3-5-16(13-17)23(24,25)26/h3-14,27H,15H2,1-2H3. The third-order valence-electron chi connectivity index (χ3n) is 4.75. The molecule has 0 aliphatic heterocycles. The summed E-state index contributed by atoms with van der Waals surface area (Å²) in [6, 6.07) is 15.9. The van der Waals surface area contributed by atoms with Crippen molar-refractivity contribution in [1.82, 2.24) is 0 Å². The van der Waals surface area contributed by atoms with Crippen LogP contribution in [0.3, 0.4) is 0 Å². The number of likely N-dealkylation sites (N-methyl/N-ethyl adjacent to an activating group) is 1. The van der Waals surface area contributed by atoms with E-state index in [1.165, 1.54) is 42.3 Å². The maximum absolute atomic E-state index is 12.9. The number of alkyl halides is 3. The van der Waals surface area contributed by atoms with Crippen molar-refractivity contribution in [1.29, 1.82) is 0 Å². The van der Waals surface area contributed by atoms with Crippen LogP contribution in [0.15, 0.2) is 77.7 Å². The first-order chi connectivity index (χ1) is 16.0. The average molecular weight is 494 g/mol. The molecule has 0 heterocycles. The molecule has 0 aliphatic carbocycles. The van der Waals surface area contributed by atoms with E-state index in [0.29, 0.717) is 17.5 Å². The van der Waals surface area contributed by atoms with E-state index in [4.69, 9.17) is 9.47 Å². The third kappa shape index (κ3) is 6.19. The highest BCUT2D eigenvalue weighted by Gasteiger charge is 2.30. The molecule has 0 saturated heterocycles. The van der Waals surface area contributed by atoms with Crippen LogP contribution >= 0.6 is 0 Å². The molecule has 0 saturated carbocycles. The van der Waals surface area contributed by atoms with Crippen molar-refractivity contribution in [2.24, 2.45) is 0 Å². The van der Waals surface area contributed by atoms with Crippen LogP contribution in [0.1, 0.15) is 5.56 Å². The van der Waals surface area contributed by atoms with Gasteiger partial charge in [-0.15, -0.1) is 0 Å². The van der Waals surface area contributed by atoms with Gasteiger partial charge in [-0.05, 0) is 54.6 Å². The molecule has 0 aromatic heterocycles. The second-order valence-corrected chi connectivity index (χ2v) is 8.78. The Bertz CT molecular complexity index is 1260. The number of carbonyl (C=O) groups excluding carboxylic acids is 1. The third-order valence-corrected chi connectivity index (χ3v) is 6.15. The van der Waals surface area contributed by atoms with Crippen molar-refractivity contribution < 1.29 is 35.9 Å². The summed E-state index contributed by atoms with van der Waals surface area (Å²) in [5.41, 5.74) is -0.587. The lowest BCUT2D eigenvalue weighted by Gasteiger charge is -2.18. The number of nitrogens with zero attached hydrogens (tertiary/aromatic N) is 1. The summed E-state index contributed by atoms with van der Waals surface area (Å²) >= 11 is 0. The van der Waals surface area contributed by atoms with Gasteiger partial charge in [0.05, 0.1) is 17.6 Å². The SMILES string of the molecule is COc1cccc(N(C)C(=O)COc2ccc(S(=O)(=O)Nc3cccc(C(F)(F)F)c3)cc2)c1. The minimum Gasteiger partial charge on any atom is -0.497 e. The van der Waals surface area contributed by atoms with Crippen molar-refractivity contribution >= 4 is 27.3 Å². The number of nitrogens with one attached hydrogen (secondary N) is 1. The topological polar surface area (TPSA) is 84.9 Å². The van der Waals surface area contributed by atoms with Gasteiger partial charge in [0.25, 0.3) is 15.9 Å². The summed E-state index contributed by atoms with van der Waals surface area (Å²) < 4.78 is 76.3. The zero-order chi connectivity index (χ0) is 24.9. The maximum Gasteiger partial charge on any atom is 0.416 e. The predicted molar refractivity (Wildman–Crippen MR) is 121 cm³/mol. The molecule has 3 aromatic carbocycles. The van der Waals surface area contributed by atoms with Gasteiger partial charge in [0.1, 0.15) is 11.5 Å². The number of anilines is 2. The van der Waals surface area contributed by atoms with Crippen LogP contribution in [0.25, 0.3) is 0 Å². The summed E-state index contributed by atoms with van der Waals surface area (Å²) in [5.74, 6) is 0.482.